The van der Waals surface area contributed by atoms with Crippen LogP contribution in [-0.4, -0.2) is 48.2 Å². The van der Waals surface area contributed by atoms with Crippen molar-refractivity contribution in [2.75, 3.05) is 32.1 Å². The second-order valence-electron chi connectivity index (χ2n) is 5.72. The Morgan fingerprint density at radius 2 is 1.95 bits per heavy atom. The van der Waals surface area contributed by atoms with E-state index in [1.165, 1.54) is 0 Å². The number of aromatic nitrogens is 1. The maximum absolute atomic E-state index is 9.71. The predicted octanol–water partition coefficient (Wildman–Crippen LogP) is 2.50. The van der Waals surface area contributed by atoms with E-state index in [-0.39, 0.29) is 6.61 Å². The minimum absolute atomic E-state index is 0.0123. The van der Waals surface area contributed by atoms with Gasteiger partial charge in [-0.1, -0.05) is 18.2 Å². The lowest BCUT2D eigenvalue weighted by Gasteiger charge is -2.32. The average molecular weight is 287 g/mol. The third-order valence-corrected chi connectivity index (χ3v) is 3.72. The number of aliphatic hydroxyl groups excluding tert-OH is 1. The predicted molar refractivity (Wildman–Crippen MR) is 88.7 cm³/mol. The van der Waals surface area contributed by atoms with Crippen LogP contribution in [0.1, 0.15) is 19.4 Å². The highest BCUT2D eigenvalue weighted by atomic mass is 16.3. The fourth-order valence-corrected chi connectivity index (χ4v) is 2.81. The topological polar surface area (TPSA) is 39.6 Å². The van der Waals surface area contributed by atoms with Crippen molar-refractivity contribution in [3.8, 4) is 0 Å². The van der Waals surface area contributed by atoms with E-state index in [0.29, 0.717) is 6.04 Å². The van der Waals surface area contributed by atoms with Crippen molar-refractivity contribution in [2.45, 2.75) is 26.5 Å². The summed E-state index contributed by atoms with van der Waals surface area (Å²) in [4.78, 5) is 9.23. The molecule has 1 atom stereocenters. The molecule has 0 spiro atoms. The summed E-state index contributed by atoms with van der Waals surface area (Å²) in [5.74, 6) is 0.896. The molecule has 1 unspecified atom stereocenters. The van der Waals surface area contributed by atoms with Crippen LogP contribution in [0.5, 0.6) is 0 Å². The number of aliphatic hydroxyl groups is 1. The normalized spacial score (nSPS) is 12.9. The SMILES string of the molecule is CCN(c1nc2ccccc2cc1CO)C(C)CN(C)C. The van der Waals surface area contributed by atoms with Gasteiger partial charge in [0.25, 0.3) is 0 Å². The van der Waals surface area contributed by atoms with Gasteiger partial charge in [0.15, 0.2) is 0 Å². The third kappa shape index (κ3) is 3.52. The summed E-state index contributed by atoms with van der Waals surface area (Å²) in [6, 6.07) is 10.4. The lowest BCUT2D eigenvalue weighted by molar-refractivity contribution is 0.281. The lowest BCUT2D eigenvalue weighted by Crippen LogP contribution is -2.41. The molecule has 1 N–H and O–H groups in total. The van der Waals surface area contributed by atoms with E-state index in [1.54, 1.807) is 0 Å². The molecule has 2 aromatic rings. The van der Waals surface area contributed by atoms with E-state index in [4.69, 9.17) is 4.98 Å². The van der Waals surface area contributed by atoms with Crippen LogP contribution in [0.4, 0.5) is 5.82 Å². The van der Waals surface area contributed by atoms with Gasteiger partial charge in [-0.15, -0.1) is 0 Å². The zero-order valence-corrected chi connectivity index (χ0v) is 13.4. The molecule has 2 rings (SSSR count). The summed E-state index contributed by atoms with van der Waals surface area (Å²) in [5.41, 5.74) is 1.86. The highest BCUT2D eigenvalue weighted by Gasteiger charge is 2.18. The van der Waals surface area contributed by atoms with Crippen LogP contribution in [0, 0.1) is 0 Å². The molecule has 4 nitrogen and oxygen atoms in total. The van der Waals surface area contributed by atoms with Gasteiger partial charge >= 0.3 is 0 Å². The van der Waals surface area contributed by atoms with Crippen LogP contribution in [0.25, 0.3) is 10.9 Å². The first-order chi connectivity index (χ1) is 10.1. The lowest BCUT2D eigenvalue weighted by atomic mass is 10.1. The zero-order chi connectivity index (χ0) is 15.4. The number of benzene rings is 1. The second-order valence-corrected chi connectivity index (χ2v) is 5.72. The van der Waals surface area contributed by atoms with Gasteiger partial charge in [-0.3, -0.25) is 0 Å². The highest BCUT2D eigenvalue weighted by Crippen LogP contribution is 2.25. The maximum atomic E-state index is 9.71. The summed E-state index contributed by atoms with van der Waals surface area (Å²) in [5, 5.41) is 10.8. The number of anilines is 1. The van der Waals surface area contributed by atoms with Crippen molar-refractivity contribution in [3.63, 3.8) is 0 Å². The Labute approximate surface area is 127 Å². The standard InChI is InChI=1S/C17H25N3O/c1-5-20(13(2)11-19(3)4)17-15(12-21)10-14-8-6-7-9-16(14)18-17/h6-10,13,21H,5,11-12H2,1-4H3. The molecule has 0 amide bonds. The molecule has 0 saturated carbocycles. The van der Waals surface area contributed by atoms with Crippen LogP contribution >= 0.6 is 0 Å². The molecule has 1 aromatic heterocycles. The molecule has 1 aromatic carbocycles. The Balaban J connectivity index is 2.46. The summed E-state index contributed by atoms with van der Waals surface area (Å²) in [6.07, 6.45) is 0. The van der Waals surface area contributed by atoms with Gasteiger partial charge in [-0.25, -0.2) is 4.98 Å². The fourth-order valence-electron chi connectivity index (χ4n) is 2.81. The van der Waals surface area contributed by atoms with Gasteiger partial charge in [0.05, 0.1) is 12.1 Å². The Kier molecular flexibility index (Phi) is 5.15. The first-order valence-corrected chi connectivity index (χ1v) is 7.47. The van der Waals surface area contributed by atoms with Crippen molar-refractivity contribution in [1.82, 2.24) is 9.88 Å². The summed E-state index contributed by atoms with van der Waals surface area (Å²) < 4.78 is 0. The smallest absolute Gasteiger partial charge is 0.135 e. The number of para-hydroxylation sites is 1. The Hall–Kier alpha value is -1.65. The Morgan fingerprint density at radius 3 is 2.57 bits per heavy atom. The molecule has 0 aliphatic heterocycles. The molecule has 4 heteroatoms. The van der Waals surface area contributed by atoms with E-state index in [2.05, 4.69) is 37.7 Å². The van der Waals surface area contributed by atoms with Crippen molar-refractivity contribution < 1.29 is 5.11 Å². The molecule has 0 fully saturated rings. The van der Waals surface area contributed by atoms with Crippen molar-refractivity contribution in [1.29, 1.82) is 0 Å². The Bertz CT molecular complexity index is 598. The average Bonchev–Trinajstić information content (AvgIpc) is 2.46. The summed E-state index contributed by atoms with van der Waals surface area (Å²) in [6.45, 7) is 6.16. The molecule has 0 aliphatic carbocycles. The van der Waals surface area contributed by atoms with Gasteiger partial charge in [-0.05, 0) is 40.1 Å². The number of likely N-dealkylation sites (N-methyl/N-ethyl adjacent to an activating group) is 2. The zero-order valence-electron chi connectivity index (χ0n) is 13.4. The number of nitrogens with zero attached hydrogens (tertiary/aromatic N) is 3. The maximum Gasteiger partial charge on any atom is 0.135 e. The summed E-state index contributed by atoms with van der Waals surface area (Å²) in [7, 11) is 4.15. The number of hydrogen-bond donors (Lipinski definition) is 1. The fraction of sp³-hybridized carbons (Fsp3) is 0.471. The van der Waals surface area contributed by atoms with E-state index in [9.17, 15) is 5.11 Å². The van der Waals surface area contributed by atoms with Crippen LogP contribution in [0.15, 0.2) is 30.3 Å². The van der Waals surface area contributed by atoms with Crippen LogP contribution < -0.4 is 4.90 Å². The molecule has 114 valence electrons. The van der Waals surface area contributed by atoms with E-state index >= 15 is 0 Å². The van der Waals surface area contributed by atoms with Gasteiger partial charge in [0.1, 0.15) is 5.82 Å². The second kappa shape index (κ2) is 6.87. The molecule has 0 saturated heterocycles. The van der Waals surface area contributed by atoms with Gasteiger partial charge in [0, 0.05) is 30.1 Å². The molecule has 1 heterocycles. The van der Waals surface area contributed by atoms with Crippen molar-refractivity contribution >= 4 is 16.7 Å². The molecular weight excluding hydrogens is 262 g/mol. The number of hydrogen-bond acceptors (Lipinski definition) is 4. The van der Waals surface area contributed by atoms with Crippen LogP contribution in [-0.2, 0) is 6.61 Å². The van der Waals surface area contributed by atoms with Crippen molar-refractivity contribution in [3.05, 3.63) is 35.9 Å². The van der Waals surface area contributed by atoms with E-state index in [1.807, 2.05) is 30.3 Å². The number of rotatable bonds is 6. The summed E-state index contributed by atoms with van der Waals surface area (Å²) >= 11 is 0. The van der Waals surface area contributed by atoms with Gasteiger partial charge < -0.3 is 14.9 Å². The molecular formula is C17H25N3O. The monoisotopic (exact) mass is 287 g/mol. The molecule has 0 radical (unpaired) electrons. The van der Waals surface area contributed by atoms with E-state index in [0.717, 1.165) is 35.4 Å². The van der Waals surface area contributed by atoms with Gasteiger partial charge in [0.2, 0.25) is 0 Å². The number of pyridine rings is 1. The first kappa shape index (κ1) is 15.7. The quantitative estimate of drug-likeness (QED) is 0.886. The molecule has 21 heavy (non-hydrogen) atoms. The van der Waals surface area contributed by atoms with Crippen LogP contribution in [0.3, 0.4) is 0 Å². The van der Waals surface area contributed by atoms with E-state index < -0.39 is 0 Å². The van der Waals surface area contributed by atoms with Crippen molar-refractivity contribution in [2.24, 2.45) is 0 Å². The largest absolute Gasteiger partial charge is 0.392 e. The third-order valence-electron chi connectivity index (χ3n) is 3.72. The molecule has 0 bridgehead atoms. The van der Waals surface area contributed by atoms with Crippen LogP contribution in [0.2, 0.25) is 0 Å². The highest BCUT2D eigenvalue weighted by molar-refractivity contribution is 5.81. The minimum Gasteiger partial charge on any atom is -0.392 e. The van der Waals surface area contributed by atoms with Gasteiger partial charge in [-0.2, -0.15) is 0 Å². The molecule has 0 aliphatic rings. The first-order valence-electron chi connectivity index (χ1n) is 7.47. The number of fused-ring (bicyclic) bond motifs is 1. The Morgan fingerprint density at radius 1 is 1.24 bits per heavy atom. The minimum atomic E-state index is 0.0123.